The first kappa shape index (κ1) is 10.8. The van der Waals surface area contributed by atoms with Crippen molar-refractivity contribution < 1.29 is 4.74 Å². The first-order valence-electron chi connectivity index (χ1n) is 5.38. The maximum atomic E-state index is 5.92. The summed E-state index contributed by atoms with van der Waals surface area (Å²) in [5.74, 6) is 0.899. The molecule has 2 rings (SSSR count). The minimum Gasteiger partial charge on any atom is -0.492 e. The zero-order valence-corrected chi connectivity index (χ0v) is 9.68. The average molecular weight is 226 g/mol. The van der Waals surface area contributed by atoms with E-state index in [1.165, 1.54) is 12.8 Å². The minimum absolute atomic E-state index is 0.503. The van der Waals surface area contributed by atoms with Gasteiger partial charge in [-0.1, -0.05) is 17.7 Å². The number of halogens is 1. The minimum atomic E-state index is 0.503. The second-order valence-electron chi connectivity index (χ2n) is 4.01. The van der Waals surface area contributed by atoms with E-state index in [-0.39, 0.29) is 0 Å². The molecule has 0 bridgehead atoms. The molecule has 82 valence electrons. The quantitative estimate of drug-likeness (QED) is 0.854. The fourth-order valence-corrected chi connectivity index (χ4v) is 1.98. The Hall–Kier alpha value is -0.730. The predicted molar refractivity (Wildman–Crippen MR) is 62.7 cm³/mol. The summed E-state index contributed by atoms with van der Waals surface area (Å²) in [6.07, 6.45) is 2.46. The van der Waals surface area contributed by atoms with Crippen LogP contribution in [0.25, 0.3) is 0 Å². The van der Waals surface area contributed by atoms with Crippen LogP contribution in [0.1, 0.15) is 18.4 Å². The van der Waals surface area contributed by atoms with Crippen molar-refractivity contribution in [3.8, 4) is 5.75 Å². The van der Waals surface area contributed by atoms with Crippen LogP contribution >= 0.6 is 11.6 Å². The average Bonchev–Trinajstić information content (AvgIpc) is 2.72. The van der Waals surface area contributed by atoms with Crippen LogP contribution in [0.4, 0.5) is 0 Å². The number of aryl methyl sites for hydroxylation is 1. The Morgan fingerprint density at radius 3 is 3.13 bits per heavy atom. The van der Waals surface area contributed by atoms with E-state index in [0.29, 0.717) is 6.04 Å². The van der Waals surface area contributed by atoms with Gasteiger partial charge in [0, 0.05) is 11.1 Å². The van der Waals surface area contributed by atoms with Crippen LogP contribution in [0.5, 0.6) is 5.75 Å². The number of benzene rings is 1. The van der Waals surface area contributed by atoms with Crippen LogP contribution < -0.4 is 10.1 Å². The molecule has 2 nitrogen and oxygen atoms in total. The van der Waals surface area contributed by atoms with E-state index >= 15 is 0 Å². The van der Waals surface area contributed by atoms with Crippen molar-refractivity contribution in [3.05, 3.63) is 28.8 Å². The Labute approximate surface area is 95.6 Å². The van der Waals surface area contributed by atoms with E-state index in [9.17, 15) is 0 Å². The van der Waals surface area contributed by atoms with E-state index in [2.05, 4.69) is 5.32 Å². The zero-order valence-electron chi connectivity index (χ0n) is 8.92. The van der Waals surface area contributed by atoms with Crippen molar-refractivity contribution in [2.24, 2.45) is 0 Å². The van der Waals surface area contributed by atoms with Gasteiger partial charge in [0.1, 0.15) is 12.4 Å². The largest absolute Gasteiger partial charge is 0.492 e. The third kappa shape index (κ3) is 2.86. The first-order chi connectivity index (χ1) is 7.25. The highest BCUT2D eigenvalue weighted by Gasteiger charge is 2.14. The lowest BCUT2D eigenvalue weighted by Gasteiger charge is -2.13. The Kier molecular flexibility index (Phi) is 3.49. The highest BCUT2D eigenvalue weighted by atomic mass is 35.5. The molecule has 1 saturated heterocycles. The van der Waals surface area contributed by atoms with Crippen molar-refractivity contribution in [3.63, 3.8) is 0 Å². The van der Waals surface area contributed by atoms with Gasteiger partial charge in [0.15, 0.2) is 0 Å². The highest BCUT2D eigenvalue weighted by molar-refractivity contribution is 6.30. The summed E-state index contributed by atoms with van der Waals surface area (Å²) in [4.78, 5) is 0. The monoisotopic (exact) mass is 225 g/mol. The standard InChI is InChI=1S/C12H16ClNO/c1-9-4-5-10(13)7-12(9)15-8-11-3-2-6-14-11/h4-5,7,11,14H,2-3,6,8H2,1H3/t11-/m1/s1. The van der Waals surface area contributed by atoms with Gasteiger partial charge in [-0.3, -0.25) is 0 Å². The number of hydrogen-bond donors (Lipinski definition) is 1. The molecule has 0 aliphatic carbocycles. The van der Waals surface area contributed by atoms with Crippen molar-refractivity contribution in [2.75, 3.05) is 13.2 Å². The van der Waals surface area contributed by atoms with Gasteiger partial charge < -0.3 is 10.1 Å². The van der Waals surface area contributed by atoms with E-state index < -0.39 is 0 Å². The third-order valence-electron chi connectivity index (χ3n) is 2.75. The van der Waals surface area contributed by atoms with Crippen molar-refractivity contribution in [1.82, 2.24) is 5.32 Å². The second-order valence-corrected chi connectivity index (χ2v) is 4.45. The summed E-state index contributed by atoms with van der Waals surface area (Å²) < 4.78 is 5.75. The van der Waals surface area contributed by atoms with E-state index in [0.717, 1.165) is 29.5 Å². The zero-order chi connectivity index (χ0) is 10.7. The molecule has 0 spiro atoms. The van der Waals surface area contributed by atoms with Gasteiger partial charge in [0.25, 0.3) is 0 Å². The maximum absolute atomic E-state index is 5.92. The van der Waals surface area contributed by atoms with Crippen molar-refractivity contribution >= 4 is 11.6 Å². The molecular weight excluding hydrogens is 210 g/mol. The van der Waals surface area contributed by atoms with Crippen LogP contribution in [-0.2, 0) is 0 Å². The normalized spacial score (nSPS) is 20.5. The smallest absolute Gasteiger partial charge is 0.123 e. The van der Waals surface area contributed by atoms with Crippen LogP contribution in [0.15, 0.2) is 18.2 Å². The lowest BCUT2D eigenvalue weighted by molar-refractivity contribution is 0.275. The number of ether oxygens (including phenoxy) is 1. The molecule has 0 radical (unpaired) electrons. The van der Waals surface area contributed by atoms with Gasteiger partial charge in [-0.25, -0.2) is 0 Å². The molecule has 15 heavy (non-hydrogen) atoms. The fourth-order valence-electron chi connectivity index (χ4n) is 1.82. The van der Waals surface area contributed by atoms with Gasteiger partial charge in [-0.15, -0.1) is 0 Å². The molecule has 0 saturated carbocycles. The Morgan fingerprint density at radius 1 is 1.53 bits per heavy atom. The molecule has 0 amide bonds. The molecular formula is C12H16ClNO. The summed E-state index contributed by atoms with van der Waals surface area (Å²) in [6.45, 7) is 3.89. The van der Waals surface area contributed by atoms with E-state index in [4.69, 9.17) is 16.3 Å². The summed E-state index contributed by atoms with van der Waals surface area (Å²) >= 11 is 5.92. The van der Waals surface area contributed by atoms with Gasteiger partial charge in [0.2, 0.25) is 0 Å². The second kappa shape index (κ2) is 4.86. The number of nitrogens with one attached hydrogen (secondary N) is 1. The molecule has 0 unspecified atom stereocenters. The molecule has 0 aromatic heterocycles. The Bertz CT molecular complexity index is 334. The van der Waals surface area contributed by atoms with Gasteiger partial charge >= 0.3 is 0 Å². The van der Waals surface area contributed by atoms with Crippen molar-refractivity contribution in [1.29, 1.82) is 0 Å². The first-order valence-corrected chi connectivity index (χ1v) is 5.76. The topological polar surface area (TPSA) is 21.3 Å². The van der Waals surface area contributed by atoms with E-state index in [1.807, 2.05) is 25.1 Å². The fraction of sp³-hybridized carbons (Fsp3) is 0.500. The summed E-state index contributed by atoms with van der Waals surface area (Å²) in [7, 11) is 0. The van der Waals surface area contributed by atoms with Gasteiger partial charge in [0.05, 0.1) is 0 Å². The molecule has 1 aromatic carbocycles. The summed E-state index contributed by atoms with van der Waals surface area (Å²) in [5.41, 5.74) is 1.14. The Balaban J connectivity index is 1.94. The van der Waals surface area contributed by atoms with E-state index in [1.54, 1.807) is 0 Å². The summed E-state index contributed by atoms with van der Waals surface area (Å²) in [5, 5.41) is 4.13. The summed E-state index contributed by atoms with van der Waals surface area (Å²) in [6, 6.07) is 6.26. The molecule has 1 heterocycles. The third-order valence-corrected chi connectivity index (χ3v) is 2.99. The van der Waals surface area contributed by atoms with Gasteiger partial charge in [-0.05, 0) is 44.0 Å². The molecule has 1 aromatic rings. The molecule has 1 N–H and O–H groups in total. The molecule has 1 fully saturated rings. The molecule has 3 heteroatoms. The van der Waals surface area contributed by atoms with Crippen LogP contribution in [-0.4, -0.2) is 19.2 Å². The van der Waals surface area contributed by atoms with Crippen LogP contribution in [0.3, 0.4) is 0 Å². The SMILES string of the molecule is Cc1ccc(Cl)cc1OC[C@H]1CCCN1. The van der Waals surface area contributed by atoms with Gasteiger partial charge in [-0.2, -0.15) is 0 Å². The number of hydrogen-bond acceptors (Lipinski definition) is 2. The van der Waals surface area contributed by atoms with Crippen LogP contribution in [0.2, 0.25) is 5.02 Å². The lowest BCUT2D eigenvalue weighted by atomic mass is 10.2. The molecule has 1 atom stereocenters. The molecule has 1 aliphatic rings. The molecule has 1 aliphatic heterocycles. The highest BCUT2D eigenvalue weighted by Crippen LogP contribution is 2.23. The van der Waals surface area contributed by atoms with Crippen molar-refractivity contribution in [2.45, 2.75) is 25.8 Å². The predicted octanol–water partition coefficient (Wildman–Crippen LogP) is 2.78. The Morgan fingerprint density at radius 2 is 2.40 bits per heavy atom. The van der Waals surface area contributed by atoms with Crippen LogP contribution in [0, 0.1) is 6.92 Å². The number of rotatable bonds is 3. The maximum Gasteiger partial charge on any atom is 0.123 e. The lowest BCUT2D eigenvalue weighted by Crippen LogP contribution is -2.28.